The van der Waals surface area contributed by atoms with Crippen LogP contribution in [0, 0.1) is 5.92 Å². The Morgan fingerprint density at radius 3 is 2.85 bits per heavy atom. The third-order valence-electron chi connectivity index (χ3n) is 2.46. The van der Waals surface area contributed by atoms with Crippen molar-refractivity contribution < 1.29 is 4.79 Å². The van der Waals surface area contributed by atoms with Gasteiger partial charge in [-0.15, -0.1) is 0 Å². The van der Waals surface area contributed by atoms with Crippen molar-refractivity contribution in [2.24, 2.45) is 11.7 Å². The summed E-state index contributed by atoms with van der Waals surface area (Å²) in [5.74, 6) is 0.426. The Morgan fingerprint density at radius 1 is 1.62 bits per heavy atom. The molecule has 1 fully saturated rings. The lowest BCUT2D eigenvalue weighted by molar-refractivity contribution is 0.178. The molecule has 0 aromatic carbocycles. The van der Waals surface area contributed by atoms with E-state index in [0.717, 1.165) is 19.5 Å². The van der Waals surface area contributed by atoms with Gasteiger partial charge in [0, 0.05) is 25.7 Å². The number of rotatable bonds is 3. The number of nitrogens with two attached hydrogens (primary N) is 1. The molecule has 0 aromatic rings. The lowest BCUT2D eigenvalue weighted by Gasteiger charge is -2.30. The van der Waals surface area contributed by atoms with E-state index in [9.17, 15) is 4.79 Å². The standard InChI is InChI=1S/C9H19N3O/c1-7(2)8(10)6-12-5-3-4-11-9(12)13/h7-8H,3-6,10H2,1-2H3,(H,11,13)/t8-/m0/s1. The molecule has 1 rings (SSSR count). The molecule has 1 saturated heterocycles. The van der Waals surface area contributed by atoms with Crippen LogP contribution in [-0.4, -0.2) is 36.6 Å². The van der Waals surface area contributed by atoms with Gasteiger partial charge in [-0.2, -0.15) is 0 Å². The Labute approximate surface area is 79.5 Å². The second kappa shape index (κ2) is 4.46. The Kier molecular flexibility index (Phi) is 3.54. The largest absolute Gasteiger partial charge is 0.338 e. The van der Waals surface area contributed by atoms with Gasteiger partial charge < -0.3 is 16.0 Å². The van der Waals surface area contributed by atoms with Crippen LogP contribution in [0.4, 0.5) is 4.79 Å². The maximum absolute atomic E-state index is 11.3. The van der Waals surface area contributed by atoms with Crippen molar-refractivity contribution in [1.29, 1.82) is 0 Å². The minimum absolute atomic E-state index is 0.0300. The SMILES string of the molecule is CC(C)[C@@H](N)CN1CCCNC1=O. The van der Waals surface area contributed by atoms with E-state index < -0.39 is 0 Å². The summed E-state index contributed by atoms with van der Waals surface area (Å²) < 4.78 is 0. The molecule has 0 aromatic heterocycles. The molecule has 2 amide bonds. The molecule has 13 heavy (non-hydrogen) atoms. The van der Waals surface area contributed by atoms with E-state index >= 15 is 0 Å². The molecule has 1 atom stereocenters. The van der Waals surface area contributed by atoms with Crippen LogP contribution in [0.15, 0.2) is 0 Å². The van der Waals surface area contributed by atoms with E-state index in [-0.39, 0.29) is 12.1 Å². The first-order valence-corrected chi connectivity index (χ1v) is 4.89. The van der Waals surface area contributed by atoms with E-state index in [1.54, 1.807) is 4.90 Å². The Balaban J connectivity index is 2.38. The lowest BCUT2D eigenvalue weighted by atomic mass is 10.1. The molecule has 0 bridgehead atoms. The molecule has 0 spiro atoms. The average molecular weight is 185 g/mol. The molecule has 1 aliphatic heterocycles. The van der Waals surface area contributed by atoms with Crippen molar-refractivity contribution in [1.82, 2.24) is 10.2 Å². The first-order valence-electron chi connectivity index (χ1n) is 4.89. The van der Waals surface area contributed by atoms with Gasteiger partial charge in [0.05, 0.1) is 0 Å². The van der Waals surface area contributed by atoms with Gasteiger partial charge in [0.25, 0.3) is 0 Å². The quantitative estimate of drug-likeness (QED) is 0.668. The summed E-state index contributed by atoms with van der Waals surface area (Å²) in [6, 6.07) is 0.117. The highest BCUT2D eigenvalue weighted by Gasteiger charge is 2.20. The van der Waals surface area contributed by atoms with Crippen LogP contribution in [0.5, 0.6) is 0 Å². The van der Waals surface area contributed by atoms with Gasteiger partial charge in [-0.25, -0.2) is 4.79 Å². The van der Waals surface area contributed by atoms with E-state index in [1.807, 2.05) is 0 Å². The lowest BCUT2D eigenvalue weighted by Crippen LogP contribution is -2.51. The summed E-state index contributed by atoms with van der Waals surface area (Å²) in [5, 5.41) is 2.81. The molecule has 0 aliphatic carbocycles. The third kappa shape index (κ3) is 2.88. The Bertz CT molecular complexity index is 182. The average Bonchev–Trinajstić information content (AvgIpc) is 2.08. The number of hydrogen-bond donors (Lipinski definition) is 2. The molecule has 4 heteroatoms. The molecule has 4 nitrogen and oxygen atoms in total. The second-order valence-electron chi connectivity index (χ2n) is 3.94. The Morgan fingerprint density at radius 2 is 2.31 bits per heavy atom. The van der Waals surface area contributed by atoms with Gasteiger partial charge in [-0.1, -0.05) is 13.8 Å². The highest BCUT2D eigenvalue weighted by atomic mass is 16.2. The fourth-order valence-corrected chi connectivity index (χ4v) is 1.32. The number of carbonyl (C=O) groups excluding carboxylic acids is 1. The molecular weight excluding hydrogens is 166 g/mol. The molecule has 0 radical (unpaired) electrons. The van der Waals surface area contributed by atoms with Crippen molar-refractivity contribution in [2.75, 3.05) is 19.6 Å². The number of amides is 2. The molecular formula is C9H19N3O. The van der Waals surface area contributed by atoms with Gasteiger partial charge in [0.2, 0.25) is 0 Å². The van der Waals surface area contributed by atoms with E-state index in [2.05, 4.69) is 19.2 Å². The second-order valence-corrected chi connectivity index (χ2v) is 3.94. The Hall–Kier alpha value is -0.770. The summed E-state index contributed by atoms with van der Waals surface area (Å²) in [6.07, 6.45) is 1.02. The normalized spacial score (nSPS) is 20.3. The molecule has 1 aliphatic rings. The van der Waals surface area contributed by atoms with Crippen LogP contribution in [0.2, 0.25) is 0 Å². The topological polar surface area (TPSA) is 58.4 Å². The zero-order valence-electron chi connectivity index (χ0n) is 8.42. The predicted molar refractivity (Wildman–Crippen MR) is 52.4 cm³/mol. The molecule has 0 unspecified atom stereocenters. The monoisotopic (exact) mass is 185 g/mol. The minimum Gasteiger partial charge on any atom is -0.338 e. The maximum Gasteiger partial charge on any atom is 0.317 e. The summed E-state index contributed by atoms with van der Waals surface area (Å²) in [6.45, 7) is 6.46. The molecule has 3 N–H and O–H groups in total. The van der Waals surface area contributed by atoms with Crippen LogP contribution in [-0.2, 0) is 0 Å². The predicted octanol–water partition coefficient (Wildman–Crippen LogP) is 0.385. The highest BCUT2D eigenvalue weighted by Crippen LogP contribution is 2.04. The van der Waals surface area contributed by atoms with Gasteiger partial charge >= 0.3 is 6.03 Å². The number of nitrogens with zero attached hydrogens (tertiary/aromatic N) is 1. The van der Waals surface area contributed by atoms with Crippen LogP contribution in [0.1, 0.15) is 20.3 Å². The van der Waals surface area contributed by atoms with E-state index in [4.69, 9.17) is 5.73 Å². The molecule has 0 saturated carbocycles. The van der Waals surface area contributed by atoms with Crippen LogP contribution in [0.25, 0.3) is 0 Å². The van der Waals surface area contributed by atoms with Crippen molar-refractivity contribution in [3.05, 3.63) is 0 Å². The van der Waals surface area contributed by atoms with Crippen molar-refractivity contribution in [3.63, 3.8) is 0 Å². The summed E-state index contributed by atoms with van der Waals surface area (Å²) in [7, 11) is 0. The summed E-state index contributed by atoms with van der Waals surface area (Å²) >= 11 is 0. The zero-order chi connectivity index (χ0) is 9.84. The number of urea groups is 1. The number of hydrogen-bond acceptors (Lipinski definition) is 2. The summed E-state index contributed by atoms with van der Waals surface area (Å²) in [5.41, 5.74) is 5.89. The smallest absolute Gasteiger partial charge is 0.317 e. The maximum atomic E-state index is 11.3. The molecule has 76 valence electrons. The number of carbonyl (C=O) groups is 1. The van der Waals surface area contributed by atoms with E-state index in [0.29, 0.717) is 12.5 Å². The zero-order valence-corrected chi connectivity index (χ0v) is 8.42. The molecule has 1 heterocycles. The van der Waals surface area contributed by atoms with Crippen molar-refractivity contribution in [2.45, 2.75) is 26.3 Å². The number of nitrogens with one attached hydrogen (secondary N) is 1. The summed E-state index contributed by atoms with van der Waals surface area (Å²) in [4.78, 5) is 13.1. The van der Waals surface area contributed by atoms with Gasteiger partial charge in [0.15, 0.2) is 0 Å². The minimum atomic E-state index is 0.0300. The third-order valence-corrected chi connectivity index (χ3v) is 2.46. The van der Waals surface area contributed by atoms with Gasteiger partial charge in [-0.05, 0) is 12.3 Å². The van der Waals surface area contributed by atoms with E-state index in [1.165, 1.54) is 0 Å². The fourth-order valence-electron chi connectivity index (χ4n) is 1.32. The van der Waals surface area contributed by atoms with Crippen molar-refractivity contribution >= 4 is 6.03 Å². The first-order chi connectivity index (χ1) is 6.11. The van der Waals surface area contributed by atoms with Crippen LogP contribution in [0.3, 0.4) is 0 Å². The van der Waals surface area contributed by atoms with Gasteiger partial charge in [0.1, 0.15) is 0 Å². The highest BCUT2D eigenvalue weighted by molar-refractivity contribution is 5.74. The van der Waals surface area contributed by atoms with Crippen LogP contribution < -0.4 is 11.1 Å². The van der Waals surface area contributed by atoms with Crippen LogP contribution >= 0.6 is 0 Å². The van der Waals surface area contributed by atoms with Crippen molar-refractivity contribution in [3.8, 4) is 0 Å². The van der Waals surface area contributed by atoms with Gasteiger partial charge in [-0.3, -0.25) is 0 Å². The first kappa shape index (κ1) is 10.3. The fraction of sp³-hybridized carbons (Fsp3) is 0.889.